The summed E-state index contributed by atoms with van der Waals surface area (Å²) in [5, 5.41) is 18.2. The second kappa shape index (κ2) is 8.69. The fourth-order valence-corrected chi connectivity index (χ4v) is 3.27. The molecule has 0 saturated heterocycles. The van der Waals surface area contributed by atoms with Gasteiger partial charge in [0.15, 0.2) is 5.69 Å². The Bertz CT molecular complexity index is 1320. The predicted molar refractivity (Wildman–Crippen MR) is 112 cm³/mol. The van der Waals surface area contributed by atoms with Gasteiger partial charge in [0.05, 0.1) is 36.1 Å². The van der Waals surface area contributed by atoms with Crippen LogP contribution in [0.5, 0.6) is 0 Å². The van der Waals surface area contributed by atoms with Gasteiger partial charge in [-0.1, -0.05) is 12.1 Å². The fourth-order valence-electron chi connectivity index (χ4n) is 2.83. The molecule has 0 fully saturated rings. The molecule has 156 valence electrons. The molecule has 0 atom stereocenters. The molecule has 0 spiro atoms. The smallest absolute Gasteiger partial charge is 0.303 e. The van der Waals surface area contributed by atoms with E-state index in [1.165, 1.54) is 6.92 Å². The van der Waals surface area contributed by atoms with Crippen molar-refractivity contribution in [3.05, 3.63) is 76.7 Å². The van der Waals surface area contributed by atoms with Crippen LogP contribution in [0.1, 0.15) is 32.9 Å². The minimum atomic E-state index is -3.77. The van der Waals surface area contributed by atoms with E-state index >= 15 is 0 Å². The van der Waals surface area contributed by atoms with Crippen LogP contribution in [0.2, 0.25) is 0 Å². The van der Waals surface area contributed by atoms with Gasteiger partial charge in [-0.3, -0.25) is 9.69 Å². The summed E-state index contributed by atoms with van der Waals surface area (Å²) in [5.74, 6) is -0.762. The van der Waals surface area contributed by atoms with Gasteiger partial charge in [0.25, 0.3) is 5.91 Å². The van der Waals surface area contributed by atoms with Crippen LogP contribution in [-0.4, -0.2) is 25.6 Å². The van der Waals surface area contributed by atoms with E-state index in [-0.39, 0.29) is 24.0 Å². The van der Waals surface area contributed by atoms with Crippen molar-refractivity contribution in [2.24, 2.45) is 0 Å². The molecule has 1 amide bonds. The maximum absolute atomic E-state index is 12.3. The second-order valence-corrected chi connectivity index (χ2v) is 8.41. The van der Waals surface area contributed by atoms with Crippen molar-refractivity contribution in [1.82, 2.24) is 9.71 Å². The first-order valence-electron chi connectivity index (χ1n) is 8.96. The van der Waals surface area contributed by atoms with Gasteiger partial charge in [0, 0.05) is 5.69 Å². The Labute approximate surface area is 179 Å². The maximum atomic E-state index is 12.3. The van der Waals surface area contributed by atoms with Gasteiger partial charge in [-0.05, 0) is 48.9 Å². The monoisotopic (exact) mass is 435 g/mol. The molecule has 0 saturated carbocycles. The molecule has 0 radical (unpaired) electrons. The highest BCUT2D eigenvalue weighted by Gasteiger charge is 2.24. The number of nitriles is 2. The zero-order valence-electron chi connectivity index (χ0n) is 16.7. The Kier molecular flexibility index (Phi) is 6.05. The van der Waals surface area contributed by atoms with Gasteiger partial charge in [0.1, 0.15) is 5.76 Å². The van der Waals surface area contributed by atoms with E-state index in [2.05, 4.69) is 11.1 Å². The van der Waals surface area contributed by atoms with Crippen molar-refractivity contribution < 1.29 is 17.6 Å². The summed E-state index contributed by atoms with van der Waals surface area (Å²) in [4.78, 5) is 18.1. The van der Waals surface area contributed by atoms with Gasteiger partial charge in [-0.25, -0.2) is 13.1 Å². The van der Waals surface area contributed by atoms with E-state index in [4.69, 9.17) is 14.9 Å². The quantitative estimate of drug-likeness (QED) is 0.623. The van der Waals surface area contributed by atoms with Crippen LogP contribution >= 0.6 is 0 Å². The Balaban J connectivity index is 2.03. The third-order valence-corrected chi connectivity index (χ3v) is 4.77. The summed E-state index contributed by atoms with van der Waals surface area (Å²) in [6, 6.07) is 17.8. The topological polar surface area (TPSA) is 140 Å². The number of nitrogens with zero attached hydrogens (tertiary/aromatic N) is 4. The number of nitrogens with one attached hydrogen (secondary N) is 1. The van der Waals surface area contributed by atoms with Crippen molar-refractivity contribution in [3.8, 4) is 12.1 Å². The van der Waals surface area contributed by atoms with E-state index in [1.54, 1.807) is 47.4 Å². The highest BCUT2D eigenvalue weighted by atomic mass is 32.2. The molecule has 0 aliphatic rings. The van der Waals surface area contributed by atoms with Gasteiger partial charge < -0.3 is 4.42 Å². The summed E-state index contributed by atoms with van der Waals surface area (Å²) in [6.07, 6.45) is 0.868. The average molecular weight is 435 g/mol. The van der Waals surface area contributed by atoms with Crippen LogP contribution in [-0.2, 0) is 16.6 Å². The molecule has 1 heterocycles. The van der Waals surface area contributed by atoms with Crippen molar-refractivity contribution in [3.63, 3.8) is 0 Å². The molecular weight excluding hydrogens is 418 g/mol. The molecular formula is C21H17N5O4S. The first kappa shape index (κ1) is 21.6. The Morgan fingerprint density at radius 1 is 1.13 bits per heavy atom. The number of carbonyl (C=O) groups is 1. The van der Waals surface area contributed by atoms with E-state index < -0.39 is 15.9 Å². The molecule has 1 N–H and O–H groups in total. The predicted octanol–water partition coefficient (Wildman–Crippen LogP) is 2.75. The lowest BCUT2D eigenvalue weighted by Gasteiger charge is -2.21. The SMILES string of the molecule is Cc1oc(N(Cc2cccc(C#N)c2)c2ccc(C#N)cc2)nc1C(=O)NS(C)(=O)=O. The van der Waals surface area contributed by atoms with Crippen LogP contribution in [0.15, 0.2) is 52.9 Å². The fraction of sp³-hybridized carbons (Fsp3) is 0.143. The molecule has 0 bridgehead atoms. The highest BCUT2D eigenvalue weighted by Crippen LogP contribution is 2.29. The lowest BCUT2D eigenvalue weighted by atomic mass is 10.1. The van der Waals surface area contributed by atoms with Gasteiger partial charge in [-0.15, -0.1) is 0 Å². The zero-order chi connectivity index (χ0) is 22.6. The minimum Gasteiger partial charge on any atom is -0.428 e. The lowest BCUT2D eigenvalue weighted by molar-refractivity contribution is 0.0976. The molecule has 9 nitrogen and oxygen atoms in total. The van der Waals surface area contributed by atoms with E-state index in [0.717, 1.165) is 11.8 Å². The standard InChI is InChI=1S/C21H17N5O4S/c1-14-19(20(27)25-31(2,28)29)24-21(30-14)26(18-8-6-15(11-22)7-9-18)13-17-5-3-4-16(10-17)12-23/h3-10H,13H2,1-2H3,(H,25,27). The number of sulfonamides is 1. The van der Waals surface area contributed by atoms with Crippen molar-refractivity contribution >= 4 is 27.6 Å². The summed E-state index contributed by atoms with van der Waals surface area (Å²) < 4.78 is 30.3. The number of amides is 1. The maximum Gasteiger partial charge on any atom is 0.303 e. The first-order chi connectivity index (χ1) is 14.7. The van der Waals surface area contributed by atoms with Gasteiger partial charge >= 0.3 is 6.01 Å². The van der Waals surface area contributed by atoms with Crippen LogP contribution in [0, 0.1) is 29.6 Å². The van der Waals surface area contributed by atoms with E-state index in [1.807, 2.05) is 16.9 Å². The lowest BCUT2D eigenvalue weighted by Crippen LogP contribution is -2.30. The summed E-state index contributed by atoms with van der Waals surface area (Å²) in [7, 11) is -3.77. The van der Waals surface area contributed by atoms with Crippen LogP contribution < -0.4 is 9.62 Å². The Hall–Kier alpha value is -4.15. The van der Waals surface area contributed by atoms with Crippen molar-refractivity contribution in [2.45, 2.75) is 13.5 Å². The zero-order valence-corrected chi connectivity index (χ0v) is 17.5. The van der Waals surface area contributed by atoms with E-state index in [9.17, 15) is 13.2 Å². The van der Waals surface area contributed by atoms with Crippen molar-refractivity contribution in [1.29, 1.82) is 10.5 Å². The number of hydrogen-bond acceptors (Lipinski definition) is 8. The average Bonchev–Trinajstić information content (AvgIpc) is 3.12. The normalized spacial score (nSPS) is 10.7. The number of aromatic nitrogens is 1. The van der Waals surface area contributed by atoms with Crippen molar-refractivity contribution in [2.75, 3.05) is 11.2 Å². The molecule has 0 unspecified atom stereocenters. The number of hydrogen-bond donors (Lipinski definition) is 1. The molecule has 10 heteroatoms. The highest BCUT2D eigenvalue weighted by molar-refractivity contribution is 7.89. The largest absolute Gasteiger partial charge is 0.428 e. The third-order valence-electron chi connectivity index (χ3n) is 4.21. The molecule has 3 rings (SSSR count). The third kappa shape index (κ3) is 5.26. The second-order valence-electron chi connectivity index (χ2n) is 6.66. The first-order valence-corrected chi connectivity index (χ1v) is 10.9. The molecule has 0 aliphatic carbocycles. The van der Waals surface area contributed by atoms with Crippen LogP contribution in [0.4, 0.5) is 11.7 Å². The molecule has 0 aliphatic heterocycles. The van der Waals surface area contributed by atoms with Crippen LogP contribution in [0.3, 0.4) is 0 Å². The number of aryl methyl sites for hydroxylation is 1. The molecule has 31 heavy (non-hydrogen) atoms. The Morgan fingerprint density at radius 3 is 2.42 bits per heavy atom. The Morgan fingerprint density at radius 2 is 1.81 bits per heavy atom. The summed E-state index contributed by atoms with van der Waals surface area (Å²) >= 11 is 0. The summed E-state index contributed by atoms with van der Waals surface area (Å²) in [5.41, 5.74) is 2.19. The molecule has 2 aromatic carbocycles. The molecule has 1 aromatic heterocycles. The van der Waals surface area contributed by atoms with Gasteiger partial charge in [0.2, 0.25) is 10.0 Å². The summed E-state index contributed by atoms with van der Waals surface area (Å²) in [6.45, 7) is 1.75. The number of oxazole rings is 1. The molecule has 3 aromatic rings. The van der Waals surface area contributed by atoms with Crippen LogP contribution in [0.25, 0.3) is 0 Å². The number of carbonyl (C=O) groups excluding carboxylic acids is 1. The number of rotatable bonds is 6. The number of benzene rings is 2. The number of anilines is 2. The van der Waals surface area contributed by atoms with E-state index in [0.29, 0.717) is 16.8 Å². The van der Waals surface area contributed by atoms with Gasteiger partial charge in [-0.2, -0.15) is 15.5 Å². The minimum absolute atomic E-state index is 0.0585.